The molecule has 0 aromatic heterocycles. The van der Waals surface area contributed by atoms with Crippen LogP contribution in [0.4, 0.5) is 4.39 Å². The van der Waals surface area contributed by atoms with Gasteiger partial charge in [-0.3, -0.25) is 9.59 Å². The Hall–Kier alpha value is -2.74. The molecule has 0 spiro atoms. The van der Waals surface area contributed by atoms with E-state index in [0.29, 0.717) is 22.4 Å². The summed E-state index contributed by atoms with van der Waals surface area (Å²) in [4.78, 5) is 22.3. The molecule has 0 aliphatic carbocycles. The largest absolute Gasteiger partial charge is 0.488 e. The second-order valence-electron chi connectivity index (χ2n) is 4.88. The summed E-state index contributed by atoms with van der Waals surface area (Å²) >= 11 is 3.39. The van der Waals surface area contributed by atoms with Crippen LogP contribution in [-0.4, -0.2) is 25.1 Å². The zero-order valence-electron chi connectivity index (χ0n) is 13.3. The average Bonchev–Trinajstić information content (AvgIpc) is 2.61. The van der Waals surface area contributed by atoms with Crippen molar-refractivity contribution in [3.05, 3.63) is 63.9 Å². The van der Waals surface area contributed by atoms with E-state index < -0.39 is 11.8 Å². The fourth-order valence-electron chi connectivity index (χ4n) is 1.79. The van der Waals surface area contributed by atoms with E-state index in [-0.39, 0.29) is 5.82 Å². The first-order valence-corrected chi connectivity index (χ1v) is 8.01. The van der Waals surface area contributed by atoms with Gasteiger partial charge in [-0.15, -0.1) is 0 Å². The number of hydrazone groups is 1. The highest BCUT2D eigenvalue weighted by molar-refractivity contribution is 9.10. The quantitative estimate of drug-likeness (QED) is 0.453. The van der Waals surface area contributed by atoms with Gasteiger partial charge in [-0.1, -0.05) is 12.1 Å². The Morgan fingerprint density at radius 2 is 1.92 bits per heavy atom. The third-order valence-corrected chi connectivity index (χ3v) is 3.70. The highest BCUT2D eigenvalue weighted by atomic mass is 79.9. The third kappa shape index (κ3) is 5.68. The van der Waals surface area contributed by atoms with E-state index >= 15 is 0 Å². The Labute approximate surface area is 152 Å². The molecular weight excluding hydrogens is 393 g/mol. The van der Waals surface area contributed by atoms with Crippen molar-refractivity contribution < 1.29 is 18.7 Å². The number of nitrogens with zero attached hydrogens (tertiary/aromatic N) is 1. The number of carbonyl (C=O) groups is 2. The van der Waals surface area contributed by atoms with Gasteiger partial charge in [-0.05, 0) is 57.4 Å². The number of hydrogen-bond donors (Lipinski definition) is 2. The second-order valence-corrected chi connectivity index (χ2v) is 5.74. The first-order valence-electron chi connectivity index (χ1n) is 7.21. The normalized spacial score (nSPS) is 10.5. The van der Waals surface area contributed by atoms with Crippen molar-refractivity contribution in [2.75, 3.05) is 7.05 Å². The Balaban J connectivity index is 1.94. The maximum Gasteiger partial charge on any atom is 0.329 e. The molecule has 0 saturated heterocycles. The average molecular weight is 408 g/mol. The van der Waals surface area contributed by atoms with Crippen molar-refractivity contribution >= 4 is 34.0 Å². The monoisotopic (exact) mass is 407 g/mol. The number of nitrogens with one attached hydrogen (secondary N) is 2. The van der Waals surface area contributed by atoms with E-state index in [1.54, 1.807) is 30.3 Å². The number of benzene rings is 2. The van der Waals surface area contributed by atoms with Gasteiger partial charge in [0.1, 0.15) is 18.2 Å². The fraction of sp³-hybridized carbons (Fsp3) is 0.118. The van der Waals surface area contributed by atoms with Crippen molar-refractivity contribution in [3.63, 3.8) is 0 Å². The summed E-state index contributed by atoms with van der Waals surface area (Å²) in [7, 11) is 1.35. The topological polar surface area (TPSA) is 79.8 Å². The molecule has 130 valence electrons. The van der Waals surface area contributed by atoms with Crippen LogP contribution in [0.2, 0.25) is 0 Å². The van der Waals surface area contributed by atoms with E-state index in [1.165, 1.54) is 25.4 Å². The van der Waals surface area contributed by atoms with Gasteiger partial charge in [0.15, 0.2) is 0 Å². The lowest BCUT2D eigenvalue weighted by atomic mass is 10.2. The van der Waals surface area contributed by atoms with Crippen LogP contribution in [0.25, 0.3) is 0 Å². The Morgan fingerprint density at radius 1 is 1.20 bits per heavy atom. The molecule has 0 aliphatic rings. The summed E-state index contributed by atoms with van der Waals surface area (Å²) in [6, 6.07) is 11.3. The Kier molecular flexibility index (Phi) is 6.64. The number of amides is 2. The van der Waals surface area contributed by atoms with Crippen molar-refractivity contribution in [1.82, 2.24) is 10.7 Å². The number of ether oxygens (including phenoxy) is 1. The summed E-state index contributed by atoms with van der Waals surface area (Å²) in [6.07, 6.45) is 1.40. The number of halogens is 2. The molecule has 0 aliphatic heterocycles. The van der Waals surface area contributed by atoms with Gasteiger partial charge in [0, 0.05) is 7.05 Å². The molecule has 0 radical (unpaired) electrons. The molecule has 0 fully saturated rings. The van der Waals surface area contributed by atoms with E-state index in [9.17, 15) is 14.0 Å². The summed E-state index contributed by atoms with van der Waals surface area (Å²) in [5.41, 5.74) is 3.64. The van der Waals surface area contributed by atoms with Crippen molar-refractivity contribution in [1.29, 1.82) is 0 Å². The van der Waals surface area contributed by atoms with Crippen LogP contribution in [0.1, 0.15) is 11.1 Å². The molecule has 0 bridgehead atoms. The fourth-order valence-corrected chi connectivity index (χ4v) is 2.30. The molecule has 2 amide bonds. The number of carbonyl (C=O) groups excluding carboxylic acids is 2. The summed E-state index contributed by atoms with van der Waals surface area (Å²) < 4.78 is 19.2. The molecule has 2 rings (SSSR count). The van der Waals surface area contributed by atoms with Crippen molar-refractivity contribution in [2.45, 2.75) is 6.61 Å². The predicted octanol–water partition coefficient (Wildman–Crippen LogP) is 2.36. The van der Waals surface area contributed by atoms with Crippen LogP contribution in [0.15, 0.2) is 52.0 Å². The van der Waals surface area contributed by atoms with Gasteiger partial charge in [-0.25, -0.2) is 9.82 Å². The predicted molar refractivity (Wildman–Crippen MR) is 94.7 cm³/mol. The SMILES string of the molecule is CNC(=O)C(=O)N/N=C\c1ccc(OCc2ccc(F)cc2)c(Br)c1. The van der Waals surface area contributed by atoms with Crippen molar-refractivity contribution in [2.24, 2.45) is 5.10 Å². The first-order chi connectivity index (χ1) is 12.0. The molecule has 2 aromatic rings. The third-order valence-electron chi connectivity index (χ3n) is 3.08. The van der Waals surface area contributed by atoms with E-state index in [4.69, 9.17) is 4.74 Å². The Morgan fingerprint density at radius 3 is 2.56 bits per heavy atom. The molecule has 2 aromatic carbocycles. The smallest absolute Gasteiger partial charge is 0.329 e. The molecule has 0 unspecified atom stereocenters. The van der Waals surface area contributed by atoms with Gasteiger partial charge in [0.05, 0.1) is 10.7 Å². The minimum Gasteiger partial charge on any atom is -0.488 e. The zero-order chi connectivity index (χ0) is 18.2. The van der Waals surface area contributed by atoms with Crippen LogP contribution in [0.5, 0.6) is 5.75 Å². The summed E-state index contributed by atoms with van der Waals surface area (Å²) in [5.74, 6) is -1.31. The number of rotatable bonds is 5. The highest BCUT2D eigenvalue weighted by Gasteiger charge is 2.09. The lowest BCUT2D eigenvalue weighted by Crippen LogP contribution is -2.35. The van der Waals surface area contributed by atoms with Crippen LogP contribution in [0, 0.1) is 5.82 Å². The molecular formula is C17H15BrFN3O3. The molecule has 0 atom stereocenters. The molecule has 0 heterocycles. The van der Waals surface area contributed by atoms with Gasteiger partial charge in [0.2, 0.25) is 0 Å². The Bertz CT molecular complexity index is 794. The van der Waals surface area contributed by atoms with Gasteiger partial charge in [0.25, 0.3) is 0 Å². The highest BCUT2D eigenvalue weighted by Crippen LogP contribution is 2.26. The second kappa shape index (κ2) is 8.93. The van der Waals surface area contributed by atoms with E-state index in [1.807, 2.05) is 0 Å². The number of likely N-dealkylation sites (N-methyl/N-ethyl adjacent to an activating group) is 1. The zero-order valence-corrected chi connectivity index (χ0v) is 14.8. The standard InChI is InChI=1S/C17H15BrFN3O3/c1-20-16(23)17(24)22-21-9-12-4-7-15(14(18)8-12)25-10-11-2-5-13(19)6-3-11/h2-9H,10H2,1H3,(H,20,23)(H,22,24)/b21-9-. The lowest BCUT2D eigenvalue weighted by Gasteiger charge is -2.09. The van der Waals surface area contributed by atoms with E-state index in [2.05, 4.69) is 31.8 Å². The van der Waals surface area contributed by atoms with Crippen LogP contribution >= 0.6 is 15.9 Å². The minimum absolute atomic E-state index is 0.294. The van der Waals surface area contributed by atoms with Crippen LogP contribution < -0.4 is 15.5 Å². The maximum absolute atomic E-state index is 12.9. The van der Waals surface area contributed by atoms with E-state index in [0.717, 1.165) is 5.56 Å². The van der Waals surface area contributed by atoms with Crippen LogP contribution in [0.3, 0.4) is 0 Å². The molecule has 0 saturated carbocycles. The van der Waals surface area contributed by atoms with Crippen molar-refractivity contribution in [3.8, 4) is 5.75 Å². The lowest BCUT2D eigenvalue weighted by molar-refractivity contribution is -0.138. The molecule has 8 heteroatoms. The maximum atomic E-state index is 12.9. The van der Waals surface area contributed by atoms with Gasteiger partial charge >= 0.3 is 11.8 Å². The molecule has 2 N–H and O–H groups in total. The first kappa shape index (κ1) is 18.6. The van der Waals surface area contributed by atoms with Gasteiger partial charge in [-0.2, -0.15) is 5.10 Å². The van der Waals surface area contributed by atoms with Gasteiger partial charge < -0.3 is 10.1 Å². The summed E-state index contributed by atoms with van der Waals surface area (Å²) in [5, 5.41) is 5.89. The number of hydrogen-bond acceptors (Lipinski definition) is 4. The molecule has 6 nitrogen and oxygen atoms in total. The summed E-state index contributed by atoms with van der Waals surface area (Å²) in [6.45, 7) is 0.300. The van der Waals surface area contributed by atoms with Crippen LogP contribution in [-0.2, 0) is 16.2 Å². The minimum atomic E-state index is -0.850. The molecule has 25 heavy (non-hydrogen) atoms.